The molecule has 0 radical (unpaired) electrons. The topological polar surface area (TPSA) is 268 Å². The number of ether oxygens (including phenoxy) is 6. The standard InChI is InChI=1S/C28H30O17/c1-8-16(31)20(35)22(37)27(42-8)39-6-14-17(32)21(36)23(38)28(44-14)45-26-19(34)15-12(5-13-25(18(15)33)41-7-40-13)43-24(26)9-2-3-10(29)11(30)4-9/h2-5,8,14,16-17,20-23,27-33,35-38H,6-7H2,1H3. The molecule has 10 unspecified atom stereocenters. The molecule has 10 atom stereocenters. The van der Waals surface area contributed by atoms with E-state index in [-0.39, 0.29) is 35.2 Å². The largest absolute Gasteiger partial charge is 0.504 e. The van der Waals surface area contributed by atoms with Crippen molar-refractivity contribution in [3.63, 3.8) is 0 Å². The Morgan fingerprint density at radius 3 is 2.27 bits per heavy atom. The van der Waals surface area contributed by atoms with Crippen LogP contribution >= 0.6 is 0 Å². The van der Waals surface area contributed by atoms with Gasteiger partial charge in [0.1, 0.15) is 53.7 Å². The predicted molar refractivity (Wildman–Crippen MR) is 145 cm³/mol. The average Bonchev–Trinajstić information content (AvgIpc) is 3.49. The zero-order valence-electron chi connectivity index (χ0n) is 23.3. The molecule has 0 bridgehead atoms. The SMILES string of the molecule is CC1OC(OCC2OC(Oc3c(-c4ccc(O)c(O)c4)oc4cc5c(c(O)c4c3=O)OCO5)C(O)C(O)C2O)C(O)C(O)C1O. The number of hydrogen-bond donors (Lipinski definition) is 9. The summed E-state index contributed by atoms with van der Waals surface area (Å²) < 4.78 is 38.7. The third-order valence-corrected chi connectivity index (χ3v) is 7.83. The fraction of sp³-hybridized carbons (Fsp3) is 0.464. The second kappa shape index (κ2) is 11.8. The van der Waals surface area contributed by atoms with Crippen LogP contribution in [-0.2, 0) is 14.2 Å². The summed E-state index contributed by atoms with van der Waals surface area (Å²) in [6.45, 7) is 0.581. The van der Waals surface area contributed by atoms with Crippen LogP contribution in [0.3, 0.4) is 0 Å². The van der Waals surface area contributed by atoms with Crippen LogP contribution in [0.25, 0.3) is 22.3 Å². The quantitative estimate of drug-likeness (QED) is 0.137. The minimum Gasteiger partial charge on any atom is -0.504 e. The minimum atomic E-state index is -1.97. The number of benzene rings is 2. The summed E-state index contributed by atoms with van der Waals surface area (Å²) >= 11 is 0. The van der Waals surface area contributed by atoms with E-state index in [1.54, 1.807) is 0 Å². The van der Waals surface area contributed by atoms with Gasteiger partial charge in [-0.1, -0.05) is 0 Å². The summed E-state index contributed by atoms with van der Waals surface area (Å²) in [5.74, 6) is -2.81. The highest BCUT2D eigenvalue weighted by Crippen LogP contribution is 2.47. The van der Waals surface area contributed by atoms with Gasteiger partial charge in [0.25, 0.3) is 0 Å². The van der Waals surface area contributed by atoms with E-state index < -0.39 is 102 Å². The van der Waals surface area contributed by atoms with Gasteiger partial charge in [0.15, 0.2) is 35.0 Å². The van der Waals surface area contributed by atoms with Crippen LogP contribution in [0.4, 0.5) is 0 Å². The maximum absolute atomic E-state index is 13.8. The summed E-state index contributed by atoms with van der Waals surface area (Å²) in [5.41, 5.74) is -1.18. The number of fused-ring (bicyclic) bond motifs is 2. The van der Waals surface area contributed by atoms with Gasteiger partial charge in [-0.15, -0.1) is 0 Å². The minimum absolute atomic E-state index is 0.000484. The third kappa shape index (κ3) is 5.37. The first-order valence-corrected chi connectivity index (χ1v) is 13.7. The molecular weight excluding hydrogens is 608 g/mol. The Labute approximate surface area is 252 Å². The van der Waals surface area contributed by atoms with Gasteiger partial charge in [-0.25, -0.2) is 0 Å². The van der Waals surface area contributed by atoms with Crippen LogP contribution in [0.2, 0.25) is 0 Å². The molecule has 2 fully saturated rings. The summed E-state index contributed by atoms with van der Waals surface area (Å²) in [5, 5.41) is 92.5. The van der Waals surface area contributed by atoms with Gasteiger partial charge < -0.3 is 78.8 Å². The van der Waals surface area contributed by atoms with E-state index in [1.807, 2.05) is 0 Å². The van der Waals surface area contributed by atoms with Crippen molar-refractivity contribution in [3.05, 3.63) is 34.5 Å². The van der Waals surface area contributed by atoms with Crippen molar-refractivity contribution in [2.75, 3.05) is 13.4 Å². The second-order valence-corrected chi connectivity index (χ2v) is 10.8. The van der Waals surface area contributed by atoms with E-state index in [2.05, 4.69) is 0 Å². The van der Waals surface area contributed by atoms with E-state index in [0.717, 1.165) is 12.1 Å². The Hall–Kier alpha value is -3.91. The third-order valence-electron chi connectivity index (χ3n) is 7.83. The molecule has 4 heterocycles. The second-order valence-electron chi connectivity index (χ2n) is 10.8. The molecule has 244 valence electrons. The lowest BCUT2D eigenvalue weighted by Crippen LogP contribution is -2.61. The van der Waals surface area contributed by atoms with Gasteiger partial charge >= 0.3 is 0 Å². The van der Waals surface area contributed by atoms with Crippen LogP contribution in [0.15, 0.2) is 33.5 Å². The van der Waals surface area contributed by atoms with Crippen LogP contribution in [0.1, 0.15) is 6.92 Å². The van der Waals surface area contributed by atoms with Crippen LogP contribution in [-0.4, -0.2) is 121 Å². The van der Waals surface area contributed by atoms with Crippen molar-refractivity contribution in [3.8, 4) is 45.8 Å². The molecule has 3 aromatic rings. The average molecular weight is 639 g/mol. The van der Waals surface area contributed by atoms with Crippen LogP contribution in [0, 0.1) is 0 Å². The van der Waals surface area contributed by atoms with E-state index in [9.17, 15) is 50.8 Å². The molecule has 1 aromatic heterocycles. The van der Waals surface area contributed by atoms with Gasteiger partial charge in [-0.05, 0) is 25.1 Å². The van der Waals surface area contributed by atoms with E-state index in [4.69, 9.17) is 32.8 Å². The van der Waals surface area contributed by atoms with Gasteiger partial charge in [-0.2, -0.15) is 0 Å². The molecule has 0 amide bonds. The van der Waals surface area contributed by atoms with Crippen molar-refractivity contribution < 1.29 is 78.8 Å². The number of phenolic OH excluding ortho intramolecular Hbond substituents is 3. The summed E-state index contributed by atoms with van der Waals surface area (Å²) in [6.07, 6.45) is -16.1. The van der Waals surface area contributed by atoms with Crippen LogP contribution in [0.5, 0.6) is 34.5 Å². The van der Waals surface area contributed by atoms with E-state index >= 15 is 0 Å². The van der Waals surface area contributed by atoms with Crippen molar-refractivity contribution in [2.24, 2.45) is 0 Å². The molecule has 0 aliphatic carbocycles. The molecule has 3 aliphatic rings. The molecule has 0 spiro atoms. The normalized spacial score (nSPS) is 33.0. The molecule has 2 saturated heterocycles. The van der Waals surface area contributed by atoms with Crippen LogP contribution < -0.4 is 19.6 Å². The maximum Gasteiger partial charge on any atom is 0.239 e. The van der Waals surface area contributed by atoms with E-state index in [1.165, 1.54) is 19.1 Å². The first-order chi connectivity index (χ1) is 21.4. The van der Waals surface area contributed by atoms with E-state index in [0.29, 0.717) is 0 Å². The Morgan fingerprint density at radius 2 is 1.53 bits per heavy atom. The van der Waals surface area contributed by atoms with Gasteiger partial charge in [0, 0.05) is 11.6 Å². The summed E-state index contributed by atoms with van der Waals surface area (Å²) in [7, 11) is 0. The summed E-state index contributed by atoms with van der Waals surface area (Å²) in [4.78, 5) is 13.8. The Bertz CT molecular complexity index is 1640. The molecule has 3 aliphatic heterocycles. The van der Waals surface area contributed by atoms with Gasteiger partial charge in [0.2, 0.25) is 30.0 Å². The molecule has 6 rings (SSSR count). The molecular formula is C28H30O17. The molecule has 17 nitrogen and oxygen atoms in total. The number of aromatic hydroxyl groups is 3. The van der Waals surface area contributed by atoms with Gasteiger partial charge in [0.05, 0.1) is 12.7 Å². The molecule has 2 aromatic carbocycles. The van der Waals surface area contributed by atoms with Crippen molar-refractivity contribution in [1.82, 2.24) is 0 Å². The monoisotopic (exact) mass is 638 g/mol. The number of hydrogen-bond acceptors (Lipinski definition) is 17. The lowest BCUT2D eigenvalue weighted by Gasteiger charge is -2.42. The zero-order chi connectivity index (χ0) is 32.3. The van der Waals surface area contributed by atoms with Crippen molar-refractivity contribution in [2.45, 2.75) is 68.3 Å². The number of phenols is 3. The molecule has 0 saturated carbocycles. The lowest BCUT2D eigenvalue weighted by molar-refractivity contribution is -0.318. The first kappa shape index (κ1) is 31.1. The molecule has 9 N–H and O–H groups in total. The Kier molecular flexibility index (Phi) is 8.14. The fourth-order valence-corrected chi connectivity index (χ4v) is 5.25. The maximum atomic E-state index is 13.8. The highest BCUT2D eigenvalue weighted by Gasteiger charge is 2.48. The highest BCUT2D eigenvalue weighted by atomic mass is 16.7. The highest BCUT2D eigenvalue weighted by molar-refractivity contribution is 5.91. The van der Waals surface area contributed by atoms with Crippen molar-refractivity contribution >= 4 is 11.0 Å². The number of aliphatic hydroxyl groups excluding tert-OH is 6. The lowest BCUT2D eigenvalue weighted by atomic mass is 9.98. The smallest absolute Gasteiger partial charge is 0.239 e. The first-order valence-electron chi connectivity index (χ1n) is 13.7. The predicted octanol–water partition coefficient (Wildman–Crippen LogP) is -1.66. The van der Waals surface area contributed by atoms with Gasteiger partial charge in [-0.3, -0.25) is 4.79 Å². The zero-order valence-corrected chi connectivity index (χ0v) is 23.3. The summed E-state index contributed by atoms with van der Waals surface area (Å²) in [6, 6.07) is 4.71. The number of aliphatic hydroxyl groups is 6. The fourth-order valence-electron chi connectivity index (χ4n) is 5.25. The van der Waals surface area contributed by atoms with Crippen molar-refractivity contribution in [1.29, 1.82) is 0 Å². The molecule has 45 heavy (non-hydrogen) atoms. The molecule has 17 heteroatoms. The Morgan fingerprint density at radius 1 is 0.822 bits per heavy atom. The Balaban J connectivity index is 1.35. The number of rotatable bonds is 6.